The Balaban J connectivity index is 1.60. The van der Waals surface area contributed by atoms with Gasteiger partial charge < -0.3 is 14.8 Å². The highest BCUT2D eigenvalue weighted by molar-refractivity contribution is 6.35. The first-order valence-electron chi connectivity index (χ1n) is 6.74. The van der Waals surface area contributed by atoms with Crippen LogP contribution in [-0.4, -0.2) is 25.2 Å². The van der Waals surface area contributed by atoms with Crippen molar-refractivity contribution in [1.82, 2.24) is 5.32 Å². The summed E-state index contributed by atoms with van der Waals surface area (Å²) in [5.74, 6) is 1.14. The van der Waals surface area contributed by atoms with Gasteiger partial charge in [-0.1, -0.05) is 35.3 Å². The van der Waals surface area contributed by atoms with E-state index >= 15 is 0 Å². The predicted molar refractivity (Wildman–Crippen MR) is 85.1 cm³/mol. The minimum absolute atomic E-state index is 0.242. The van der Waals surface area contributed by atoms with Gasteiger partial charge in [0, 0.05) is 15.6 Å². The molecule has 2 aromatic rings. The predicted octanol–water partition coefficient (Wildman–Crippen LogP) is 3.56. The maximum Gasteiger partial charge on any atom is 0.251 e. The molecule has 0 aromatic heterocycles. The zero-order chi connectivity index (χ0) is 15.5. The minimum Gasteiger partial charge on any atom is -0.486 e. The van der Waals surface area contributed by atoms with E-state index in [0.717, 1.165) is 0 Å². The lowest BCUT2D eigenvalue weighted by Crippen LogP contribution is -2.40. The summed E-state index contributed by atoms with van der Waals surface area (Å²) in [6.07, 6.45) is -0.242. The number of carbonyl (C=O) groups excluding carboxylic acids is 1. The van der Waals surface area contributed by atoms with Crippen molar-refractivity contribution >= 4 is 29.1 Å². The first-order chi connectivity index (χ1) is 10.6. The Morgan fingerprint density at radius 2 is 1.82 bits per heavy atom. The first-order valence-corrected chi connectivity index (χ1v) is 7.50. The van der Waals surface area contributed by atoms with E-state index in [1.807, 2.05) is 24.3 Å². The van der Waals surface area contributed by atoms with Gasteiger partial charge in [-0.3, -0.25) is 4.79 Å². The van der Waals surface area contributed by atoms with Crippen molar-refractivity contribution in [3.8, 4) is 11.5 Å². The molecule has 4 nitrogen and oxygen atoms in total. The molecular formula is C16H13Cl2NO3. The van der Waals surface area contributed by atoms with Gasteiger partial charge in [-0.05, 0) is 30.3 Å². The van der Waals surface area contributed by atoms with Crippen LogP contribution < -0.4 is 14.8 Å². The van der Waals surface area contributed by atoms with E-state index in [9.17, 15) is 4.79 Å². The number of fused-ring (bicyclic) bond motifs is 1. The number of nitrogens with one attached hydrogen (secondary N) is 1. The first kappa shape index (κ1) is 15.0. The second kappa shape index (κ2) is 6.46. The number of ether oxygens (including phenoxy) is 2. The molecule has 3 rings (SSSR count). The molecule has 1 amide bonds. The molecule has 1 aliphatic rings. The van der Waals surface area contributed by atoms with E-state index < -0.39 is 0 Å². The molecular weight excluding hydrogens is 325 g/mol. The number of hydrogen-bond donors (Lipinski definition) is 1. The van der Waals surface area contributed by atoms with E-state index in [1.54, 1.807) is 18.2 Å². The monoisotopic (exact) mass is 337 g/mol. The van der Waals surface area contributed by atoms with Gasteiger partial charge >= 0.3 is 0 Å². The maximum absolute atomic E-state index is 12.1. The molecule has 1 atom stereocenters. The van der Waals surface area contributed by atoms with E-state index in [0.29, 0.717) is 40.3 Å². The Morgan fingerprint density at radius 1 is 1.14 bits per heavy atom. The molecule has 1 N–H and O–H groups in total. The molecule has 0 aliphatic carbocycles. The van der Waals surface area contributed by atoms with Gasteiger partial charge in [-0.2, -0.15) is 0 Å². The summed E-state index contributed by atoms with van der Waals surface area (Å²) in [5, 5.41) is 3.63. The van der Waals surface area contributed by atoms with Crippen LogP contribution in [0.4, 0.5) is 0 Å². The summed E-state index contributed by atoms with van der Waals surface area (Å²) in [6, 6.07) is 12.1. The Labute approximate surface area is 137 Å². The summed E-state index contributed by atoms with van der Waals surface area (Å²) in [4.78, 5) is 12.1. The van der Waals surface area contributed by atoms with Gasteiger partial charge in [0.25, 0.3) is 5.91 Å². The molecule has 1 aliphatic heterocycles. The Hall–Kier alpha value is -1.91. The van der Waals surface area contributed by atoms with Gasteiger partial charge in [-0.25, -0.2) is 0 Å². The van der Waals surface area contributed by atoms with Gasteiger partial charge in [0.15, 0.2) is 11.5 Å². The van der Waals surface area contributed by atoms with Crippen molar-refractivity contribution in [2.45, 2.75) is 6.10 Å². The highest BCUT2D eigenvalue weighted by atomic mass is 35.5. The van der Waals surface area contributed by atoms with Crippen LogP contribution in [-0.2, 0) is 0 Å². The molecule has 0 saturated carbocycles. The van der Waals surface area contributed by atoms with Crippen molar-refractivity contribution in [1.29, 1.82) is 0 Å². The van der Waals surface area contributed by atoms with Crippen LogP contribution in [0.2, 0.25) is 10.0 Å². The smallest absolute Gasteiger partial charge is 0.251 e. The van der Waals surface area contributed by atoms with Gasteiger partial charge in [-0.15, -0.1) is 0 Å². The number of amides is 1. The highest BCUT2D eigenvalue weighted by Gasteiger charge is 2.21. The third kappa shape index (κ3) is 3.46. The normalized spacial score (nSPS) is 16.2. The average Bonchev–Trinajstić information content (AvgIpc) is 2.51. The number of hydrogen-bond acceptors (Lipinski definition) is 3. The molecule has 2 aromatic carbocycles. The third-order valence-corrected chi connectivity index (χ3v) is 3.62. The third-order valence-electron chi connectivity index (χ3n) is 3.18. The van der Waals surface area contributed by atoms with Crippen LogP contribution in [0.3, 0.4) is 0 Å². The van der Waals surface area contributed by atoms with Gasteiger partial charge in [0.2, 0.25) is 0 Å². The minimum atomic E-state index is -0.258. The molecule has 1 heterocycles. The lowest BCUT2D eigenvalue weighted by Gasteiger charge is -2.26. The number of para-hydroxylation sites is 2. The van der Waals surface area contributed by atoms with E-state index in [2.05, 4.69) is 5.32 Å². The van der Waals surface area contributed by atoms with Crippen LogP contribution in [0.5, 0.6) is 11.5 Å². The Bertz CT molecular complexity index is 685. The fraction of sp³-hybridized carbons (Fsp3) is 0.188. The van der Waals surface area contributed by atoms with Crippen LogP contribution in [0.25, 0.3) is 0 Å². The lowest BCUT2D eigenvalue weighted by molar-refractivity contribution is 0.0789. The van der Waals surface area contributed by atoms with Crippen molar-refractivity contribution in [3.05, 3.63) is 58.1 Å². The molecule has 0 spiro atoms. The zero-order valence-corrected chi connectivity index (χ0v) is 13.0. The van der Waals surface area contributed by atoms with Crippen LogP contribution >= 0.6 is 23.2 Å². The second-order valence-electron chi connectivity index (χ2n) is 4.87. The SMILES string of the molecule is O=C(NCC1COc2ccccc2O1)c1cc(Cl)cc(Cl)c1. The van der Waals surface area contributed by atoms with Gasteiger partial charge in [0.05, 0.1) is 6.54 Å². The molecule has 0 saturated heterocycles. The highest BCUT2D eigenvalue weighted by Crippen LogP contribution is 2.30. The Kier molecular flexibility index (Phi) is 4.41. The lowest BCUT2D eigenvalue weighted by atomic mass is 10.2. The van der Waals surface area contributed by atoms with Crippen molar-refractivity contribution < 1.29 is 14.3 Å². The van der Waals surface area contributed by atoms with Crippen molar-refractivity contribution in [2.75, 3.05) is 13.2 Å². The summed E-state index contributed by atoms with van der Waals surface area (Å²) < 4.78 is 11.4. The molecule has 22 heavy (non-hydrogen) atoms. The summed E-state index contributed by atoms with van der Waals surface area (Å²) >= 11 is 11.8. The number of halogens is 2. The molecule has 6 heteroatoms. The molecule has 0 bridgehead atoms. The van der Waals surface area contributed by atoms with E-state index in [1.165, 1.54) is 0 Å². The number of rotatable bonds is 3. The van der Waals surface area contributed by atoms with E-state index in [-0.39, 0.29) is 12.0 Å². The summed E-state index contributed by atoms with van der Waals surface area (Å²) in [5.41, 5.74) is 0.412. The van der Waals surface area contributed by atoms with E-state index in [4.69, 9.17) is 32.7 Å². The summed E-state index contributed by atoms with van der Waals surface area (Å²) in [7, 11) is 0. The standard InChI is InChI=1S/C16H13Cl2NO3/c17-11-5-10(6-12(18)7-11)16(20)19-8-13-9-21-14-3-1-2-4-15(14)22-13/h1-7,13H,8-9H2,(H,19,20). The topological polar surface area (TPSA) is 47.6 Å². The zero-order valence-electron chi connectivity index (χ0n) is 11.5. The second-order valence-corrected chi connectivity index (χ2v) is 5.74. The Morgan fingerprint density at radius 3 is 2.55 bits per heavy atom. The quantitative estimate of drug-likeness (QED) is 0.931. The van der Waals surface area contributed by atoms with Crippen molar-refractivity contribution in [3.63, 3.8) is 0 Å². The maximum atomic E-state index is 12.1. The molecule has 114 valence electrons. The average molecular weight is 338 g/mol. The number of benzene rings is 2. The molecule has 1 unspecified atom stereocenters. The van der Waals surface area contributed by atoms with Crippen LogP contribution in [0.15, 0.2) is 42.5 Å². The molecule has 0 fully saturated rings. The van der Waals surface area contributed by atoms with Crippen molar-refractivity contribution in [2.24, 2.45) is 0 Å². The fourth-order valence-electron chi connectivity index (χ4n) is 2.16. The van der Waals surface area contributed by atoms with Crippen LogP contribution in [0.1, 0.15) is 10.4 Å². The summed E-state index contributed by atoms with van der Waals surface area (Å²) in [6.45, 7) is 0.713. The van der Waals surface area contributed by atoms with Gasteiger partial charge in [0.1, 0.15) is 12.7 Å². The largest absolute Gasteiger partial charge is 0.486 e. The fourth-order valence-corrected chi connectivity index (χ4v) is 2.68. The molecule has 0 radical (unpaired) electrons. The van der Waals surface area contributed by atoms with Crippen LogP contribution in [0, 0.1) is 0 Å². The number of carbonyl (C=O) groups is 1.